The topological polar surface area (TPSA) is 86.7 Å². The van der Waals surface area contributed by atoms with Crippen LogP contribution in [-0.2, 0) is 28.9 Å². The third-order valence-corrected chi connectivity index (χ3v) is 3.76. The Morgan fingerprint density at radius 3 is 1.27 bits per heavy atom. The minimum atomic E-state index is -5.48. The van der Waals surface area contributed by atoms with Gasteiger partial charge in [0.15, 0.2) is 0 Å². The standard InChI is InChI=1S/CF2O6S2/c2-1(3)10(4,5)8-9-11(1,6)7. The van der Waals surface area contributed by atoms with Gasteiger partial charge in [-0.1, -0.05) is 8.67 Å². The molecule has 1 rings (SSSR count). The first-order valence-electron chi connectivity index (χ1n) is 1.95. The van der Waals surface area contributed by atoms with Crippen LogP contribution in [0.2, 0.25) is 0 Å². The summed E-state index contributed by atoms with van der Waals surface area (Å²) in [5, 5.41) is 0. The second-order valence-electron chi connectivity index (χ2n) is 1.51. The van der Waals surface area contributed by atoms with Crippen molar-refractivity contribution < 1.29 is 34.3 Å². The maximum atomic E-state index is 12.1. The van der Waals surface area contributed by atoms with Gasteiger partial charge in [-0.2, -0.15) is 25.6 Å². The molecule has 0 atom stereocenters. The predicted octanol–water partition coefficient (Wildman–Crippen LogP) is -0.842. The van der Waals surface area contributed by atoms with Crippen LogP contribution in [0, 0.1) is 0 Å². The maximum absolute atomic E-state index is 12.1. The van der Waals surface area contributed by atoms with E-state index in [0.717, 1.165) is 0 Å². The van der Waals surface area contributed by atoms with Crippen LogP contribution in [-0.4, -0.2) is 21.4 Å². The van der Waals surface area contributed by atoms with Crippen molar-refractivity contribution in [1.82, 2.24) is 0 Å². The molecule has 66 valence electrons. The minimum Gasteiger partial charge on any atom is -0.189 e. The maximum Gasteiger partial charge on any atom is 0.501 e. The number of hydrogen-bond acceptors (Lipinski definition) is 6. The molecule has 1 aliphatic heterocycles. The van der Waals surface area contributed by atoms with Gasteiger partial charge in [-0.25, -0.2) is 0 Å². The molecule has 0 saturated carbocycles. The van der Waals surface area contributed by atoms with E-state index in [1.807, 2.05) is 0 Å². The van der Waals surface area contributed by atoms with Crippen molar-refractivity contribution >= 4 is 20.2 Å². The third kappa shape index (κ3) is 0.937. The summed E-state index contributed by atoms with van der Waals surface area (Å²) in [5.41, 5.74) is 0. The van der Waals surface area contributed by atoms with Crippen LogP contribution < -0.4 is 0 Å². The molecule has 0 bridgehead atoms. The summed E-state index contributed by atoms with van der Waals surface area (Å²) in [4.78, 5) is 0. The molecule has 11 heavy (non-hydrogen) atoms. The van der Waals surface area contributed by atoms with Crippen LogP contribution in [0.3, 0.4) is 0 Å². The van der Waals surface area contributed by atoms with E-state index in [9.17, 15) is 25.6 Å². The molecule has 0 amide bonds. The zero-order chi connectivity index (χ0) is 8.91. The van der Waals surface area contributed by atoms with Gasteiger partial charge in [0.25, 0.3) is 0 Å². The SMILES string of the molecule is O=S1(=O)OOS(=O)(=O)C1(F)F. The number of halogens is 2. The van der Waals surface area contributed by atoms with E-state index in [1.54, 1.807) is 0 Å². The fourth-order valence-corrected chi connectivity index (χ4v) is 2.19. The lowest BCUT2D eigenvalue weighted by molar-refractivity contribution is -0.0743. The van der Waals surface area contributed by atoms with E-state index in [2.05, 4.69) is 8.67 Å². The van der Waals surface area contributed by atoms with Crippen LogP contribution in [0.1, 0.15) is 0 Å². The molecule has 1 heterocycles. The highest BCUT2D eigenvalue weighted by Crippen LogP contribution is 2.37. The van der Waals surface area contributed by atoms with Crippen molar-refractivity contribution in [2.75, 3.05) is 0 Å². The molecule has 1 fully saturated rings. The molecular weight excluding hydrogens is 210 g/mol. The van der Waals surface area contributed by atoms with Gasteiger partial charge in [0.2, 0.25) is 0 Å². The van der Waals surface area contributed by atoms with Crippen LogP contribution in [0.25, 0.3) is 0 Å². The van der Waals surface area contributed by atoms with Crippen LogP contribution in [0.4, 0.5) is 8.78 Å². The molecule has 1 aliphatic rings. The lowest BCUT2D eigenvalue weighted by Crippen LogP contribution is -2.30. The first-order valence-corrected chi connectivity index (χ1v) is 4.77. The highest BCUT2D eigenvalue weighted by atomic mass is 32.3. The van der Waals surface area contributed by atoms with Crippen molar-refractivity contribution in [3.63, 3.8) is 0 Å². The zero-order valence-corrected chi connectivity index (χ0v) is 6.15. The molecule has 0 spiro atoms. The van der Waals surface area contributed by atoms with E-state index in [1.165, 1.54) is 0 Å². The summed E-state index contributed by atoms with van der Waals surface area (Å²) in [7, 11) is -11.0. The summed E-state index contributed by atoms with van der Waals surface area (Å²) in [5.74, 6) is 0. The molecule has 1 saturated heterocycles. The summed E-state index contributed by atoms with van der Waals surface area (Å²) >= 11 is 0. The van der Waals surface area contributed by atoms with Gasteiger partial charge < -0.3 is 0 Å². The molecular formula is CF2O6S2. The minimum absolute atomic E-state index is 2.91. The Morgan fingerprint density at radius 2 is 1.18 bits per heavy atom. The Balaban J connectivity index is 3.45. The number of alkyl halides is 2. The molecule has 0 aromatic heterocycles. The van der Waals surface area contributed by atoms with Crippen molar-refractivity contribution in [3.8, 4) is 0 Å². The summed E-state index contributed by atoms with van der Waals surface area (Å²) in [6.45, 7) is 0. The predicted molar refractivity (Wildman–Crippen MR) is 25.0 cm³/mol. The van der Waals surface area contributed by atoms with Gasteiger partial charge in [-0.05, 0) is 0 Å². The molecule has 6 nitrogen and oxygen atoms in total. The molecule has 0 aromatic carbocycles. The third-order valence-electron chi connectivity index (χ3n) is 0.789. The highest BCUT2D eigenvalue weighted by molar-refractivity contribution is 8.07. The lowest BCUT2D eigenvalue weighted by Gasteiger charge is -1.98. The van der Waals surface area contributed by atoms with Gasteiger partial charge in [-0.15, -0.1) is 0 Å². The Bertz CT molecular complexity index is 325. The first-order chi connectivity index (χ1) is 4.71. The van der Waals surface area contributed by atoms with Crippen molar-refractivity contribution in [2.45, 2.75) is 4.59 Å². The average molecular weight is 210 g/mol. The van der Waals surface area contributed by atoms with Crippen LogP contribution >= 0.6 is 0 Å². The molecule has 0 aromatic rings. The summed E-state index contributed by atoms with van der Waals surface area (Å²) in [6, 6.07) is 0. The molecule has 10 heteroatoms. The molecule has 0 unspecified atom stereocenters. The van der Waals surface area contributed by atoms with Gasteiger partial charge in [0, 0.05) is 0 Å². The van der Waals surface area contributed by atoms with Crippen LogP contribution in [0.5, 0.6) is 0 Å². The van der Waals surface area contributed by atoms with E-state index < -0.39 is 24.8 Å². The highest BCUT2D eigenvalue weighted by Gasteiger charge is 2.67. The second kappa shape index (κ2) is 1.88. The van der Waals surface area contributed by atoms with Crippen molar-refractivity contribution in [2.24, 2.45) is 0 Å². The smallest absolute Gasteiger partial charge is 0.189 e. The Hall–Kier alpha value is -0.320. The number of rotatable bonds is 0. The van der Waals surface area contributed by atoms with Crippen molar-refractivity contribution in [1.29, 1.82) is 0 Å². The fourth-order valence-electron chi connectivity index (χ4n) is 0.277. The Morgan fingerprint density at radius 1 is 0.909 bits per heavy atom. The van der Waals surface area contributed by atoms with E-state index in [4.69, 9.17) is 0 Å². The van der Waals surface area contributed by atoms with E-state index >= 15 is 0 Å². The fraction of sp³-hybridized carbons (Fsp3) is 1.00. The van der Waals surface area contributed by atoms with Crippen LogP contribution in [0.15, 0.2) is 0 Å². The molecule has 0 N–H and O–H groups in total. The normalized spacial score (nSPS) is 31.8. The Kier molecular flexibility index (Phi) is 1.50. The van der Waals surface area contributed by atoms with E-state index in [0.29, 0.717) is 0 Å². The molecule has 0 radical (unpaired) electrons. The van der Waals surface area contributed by atoms with Gasteiger partial charge in [0.1, 0.15) is 0 Å². The van der Waals surface area contributed by atoms with Gasteiger partial charge in [-0.3, -0.25) is 0 Å². The number of hydrogen-bond donors (Lipinski definition) is 0. The van der Waals surface area contributed by atoms with Gasteiger partial charge >= 0.3 is 24.8 Å². The van der Waals surface area contributed by atoms with Gasteiger partial charge in [0.05, 0.1) is 0 Å². The first kappa shape index (κ1) is 8.77. The molecule has 0 aliphatic carbocycles. The Labute approximate surface area is 59.9 Å². The van der Waals surface area contributed by atoms with Crippen molar-refractivity contribution in [3.05, 3.63) is 0 Å². The average Bonchev–Trinajstić information content (AvgIpc) is 1.93. The summed E-state index contributed by atoms with van der Waals surface area (Å²) in [6.07, 6.45) is 0. The quantitative estimate of drug-likeness (QED) is 0.484. The monoisotopic (exact) mass is 210 g/mol. The summed E-state index contributed by atoms with van der Waals surface area (Å²) < 4.78 is 65.0. The second-order valence-corrected chi connectivity index (χ2v) is 4.88. The van der Waals surface area contributed by atoms with E-state index in [-0.39, 0.29) is 0 Å². The lowest BCUT2D eigenvalue weighted by atomic mass is 11.6. The zero-order valence-electron chi connectivity index (χ0n) is 4.52. The largest absolute Gasteiger partial charge is 0.501 e.